The monoisotopic (exact) mass is 631 g/mol. The van der Waals surface area contributed by atoms with Gasteiger partial charge >= 0.3 is 0 Å². The van der Waals surface area contributed by atoms with Crippen molar-refractivity contribution in [3.8, 4) is 11.1 Å². The number of Topliss-reactive ketones (excluding diaryl/α,β-unsaturated/α-hetero) is 1. The molecule has 8 nitrogen and oxygen atoms in total. The van der Waals surface area contributed by atoms with Gasteiger partial charge in [0.2, 0.25) is 5.91 Å². The fraction of sp³-hybridized carbons (Fsp3) is 0.371. The van der Waals surface area contributed by atoms with Gasteiger partial charge in [-0.3, -0.25) is 19.5 Å². The highest BCUT2D eigenvalue weighted by atomic mass is 35.5. The zero-order valence-electron chi connectivity index (χ0n) is 25.5. The quantitative estimate of drug-likeness (QED) is 0.147. The molecule has 5 rings (SSSR count). The second kappa shape index (κ2) is 14.3. The Bertz CT molecular complexity index is 1680. The number of aromatic amines is 1. The minimum Gasteiger partial charge on any atom is -0.350 e. The number of ketones is 1. The molecular formula is C35H39ClFN5O3. The SMILES string of the molecule is CC(C)NC(=O)c1ccc(-c2ccc(CC(CC(=O)C3CCC(CN)CC3)C(=O)Nc3cc(F)c4cn[nH]c4c3)cc2)c(Cl)c1. The molecular weight excluding hydrogens is 593 g/mol. The number of nitrogens with zero attached hydrogens (tertiary/aromatic N) is 1. The van der Waals surface area contributed by atoms with Gasteiger partial charge in [-0.1, -0.05) is 41.9 Å². The van der Waals surface area contributed by atoms with Gasteiger partial charge in [0.15, 0.2) is 0 Å². The lowest BCUT2D eigenvalue weighted by atomic mass is 9.77. The van der Waals surface area contributed by atoms with Crippen molar-refractivity contribution in [2.24, 2.45) is 23.5 Å². The molecule has 1 atom stereocenters. The number of rotatable bonds is 11. The number of fused-ring (bicyclic) bond motifs is 1. The summed E-state index contributed by atoms with van der Waals surface area (Å²) in [6, 6.07) is 15.8. The molecule has 236 valence electrons. The number of nitrogens with two attached hydrogens (primary N) is 1. The predicted molar refractivity (Wildman–Crippen MR) is 175 cm³/mol. The van der Waals surface area contributed by atoms with Gasteiger partial charge in [-0.25, -0.2) is 4.39 Å². The topological polar surface area (TPSA) is 130 Å². The van der Waals surface area contributed by atoms with Crippen LogP contribution in [0.4, 0.5) is 10.1 Å². The molecule has 1 heterocycles. The summed E-state index contributed by atoms with van der Waals surface area (Å²) in [6.07, 6.45) is 5.21. The summed E-state index contributed by atoms with van der Waals surface area (Å²) in [4.78, 5) is 39.4. The van der Waals surface area contributed by atoms with Crippen molar-refractivity contribution in [1.82, 2.24) is 15.5 Å². The Balaban J connectivity index is 1.33. The zero-order valence-corrected chi connectivity index (χ0v) is 26.3. The van der Waals surface area contributed by atoms with Gasteiger partial charge in [0.05, 0.1) is 17.1 Å². The Morgan fingerprint density at radius 2 is 1.78 bits per heavy atom. The third-order valence-electron chi connectivity index (χ3n) is 8.63. The van der Waals surface area contributed by atoms with Crippen LogP contribution in [0, 0.1) is 23.6 Å². The molecule has 3 aromatic carbocycles. The largest absolute Gasteiger partial charge is 0.350 e. The van der Waals surface area contributed by atoms with Crippen molar-refractivity contribution >= 4 is 45.8 Å². The smallest absolute Gasteiger partial charge is 0.251 e. The number of amides is 2. The van der Waals surface area contributed by atoms with Crippen LogP contribution in [0.2, 0.25) is 5.02 Å². The van der Waals surface area contributed by atoms with Crippen LogP contribution in [0.5, 0.6) is 0 Å². The Morgan fingerprint density at radius 1 is 1.04 bits per heavy atom. The molecule has 1 saturated carbocycles. The third kappa shape index (κ3) is 7.96. The molecule has 4 aromatic rings. The number of carbonyl (C=O) groups excluding carboxylic acids is 3. The molecule has 1 unspecified atom stereocenters. The second-order valence-electron chi connectivity index (χ2n) is 12.3. The standard InChI is InChI=1S/C35H39ClFN5O3/c1-20(2)40-34(44)25-11-12-28(30(36)14-25)23-7-3-21(4-8-23)13-26(15-33(43)24-9-5-22(18-38)6-10-24)35(45)41-27-16-31(37)29-19-39-42-32(29)17-27/h3-4,7-8,11-12,14,16-17,19-20,22,24,26H,5-6,9-10,13,15,18,38H2,1-2H3,(H,39,42)(H,40,44)(H,41,45). The van der Waals surface area contributed by atoms with Crippen LogP contribution in [0.25, 0.3) is 22.0 Å². The van der Waals surface area contributed by atoms with Gasteiger partial charge in [0.25, 0.3) is 5.91 Å². The van der Waals surface area contributed by atoms with Crippen molar-refractivity contribution in [1.29, 1.82) is 0 Å². The maximum absolute atomic E-state index is 14.6. The molecule has 1 fully saturated rings. The normalized spacial score (nSPS) is 17.3. The Hall–Kier alpha value is -4.08. The second-order valence-corrected chi connectivity index (χ2v) is 12.7. The molecule has 0 radical (unpaired) electrons. The maximum atomic E-state index is 14.6. The molecule has 10 heteroatoms. The number of aromatic nitrogens is 2. The summed E-state index contributed by atoms with van der Waals surface area (Å²) in [7, 11) is 0. The first-order valence-electron chi connectivity index (χ1n) is 15.5. The maximum Gasteiger partial charge on any atom is 0.251 e. The van der Waals surface area contributed by atoms with Gasteiger partial charge in [-0.05, 0) is 93.8 Å². The summed E-state index contributed by atoms with van der Waals surface area (Å²) >= 11 is 6.57. The van der Waals surface area contributed by atoms with E-state index in [1.807, 2.05) is 44.2 Å². The number of benzene rings is 3. The number of carbonyl (C=O) groups is 3. The number of hydrogen-bond donors (Lipinski definition) is 4. The number of halogens is 2. The summed E-state index contributed by atoms with van der Waals surface area (Å²) in [6.45, 7) is 4.42. The van der Waals surface area contributed by atoms with Crippen LogP contribution < -0.4 is 16.4 Å². The Labute approximate surface area is 267 Å². The van der Waals surface area contributed by atoms with Gasteiger partial charge in [-0.15, -0.1) is 0 Å². The van der Waals surface area contributed by atoms with Crippen molar-refractivity contribution in [3.63, 3.8) is 0 Å². The molecule has 1 aliphatic carbocycles. The highest BCUT2D eigenvalue weighted by Gasteiger charge is 2.30. The number of anilines is 1. The van der Waals surface area contributed by atoms with Crippen LogP contribution in [0.1, 0.15) is 61.9 Å². The van der Waals surface area contributed by atoms with E-state index in [0.29, 0.717) is 46.1 Å². The first kappa shape index (κ1) is 32.3. The fourth-order valence-electron chi connectivity index (χ4n) is 6.05. The average molecular weight is 632 g/mol. The van der Waals surface area contributed by atoms with E-state index < -0.39 is 11.7 Å². The van der Waals surface area contributed by atoms with Gasteiger partial charge in [0.1, 0.15) is 11.6 Å². The molecule has 0 aliphatic heterocycles. The van der Waals surface area contributed by atoms with Gasteiger partial charge < -0.3 is 16.4 Å². The van der Waals surface area contributed by atoms with Crippen molar-refractivity contribution < 1.29 is 18.8 Å². The molecule has 1 aromatic heterocycles. The van der Waals surface area contributed by atoms with Crippen LogP contribution >= 0.6 is 11.6 Å². The highest BCUT2D eigenvalue weighted by Crippen LogP contribution is 2.32. The van der Waals surface area contributed by atoms with Gasteiger partial charge in [-0.2, -0.15) is 5.10 Å². The zero-order chi connectivity index (χ0) is 32.1. The number of nitrogens with one attached hydrogen (secondary N) is 3. The summed E-state index contributed by atoms with van der Waals surface area (Å²) in [5, 5.41) is 13.1. The average Bonchev–Trinajstić information content (AvgIpc) is 3.50. The van der Waals surface area contributed by atoms with E-state index in [0.717, 1.165) is 42.4 Å². The van der Waals surface area contributed by atoms with E-state index in [1.165, 1.54) is 12.3 Å². The third-order valence-corrected chi connectivity index (χ3v) is 8.94. The lowest BCUT2D eigenvalue weighted by molar-refractivity contribution is -0.129. The molecule has 45 heavy (non-hydrogen) atoms. The van der Waals surface area contributed by atoms with Crippen molar-refractivity contribution in [2.75, 3.05) is 11.9 Å². The molecule has 5 N–H and O–H groups in total. The first-order valence-corrected chi connectivity index (χ1v) is 15.8. The van der Waals surface area contributed by atoms with E-state index in [1.54, 1.807) is 18.2 Å². The number of H-pyrrole nitrogens is 1. The van der Waals surface area contributed by atoms with Crippen molar-refractivity contribution in [2.45, 2.75) is 58.4 Å². The van der Waals surface area contributed by atoms with Crippen LogP contribution in [-0.4, -0.2) is 40.4 Å². The summed E-state index contributed by atoms with van der Waals surface area (Å²) in [5.41, 5.74) is 9.59. The lowest BCUT2D eigenvalue weighted by Crippen LogP contribution is -2.31. The van der Waals surface area contributed by atoms with Crippen molar-refractivity contribution in [3.05, 3.63) is 82.8 Å². The number of hydrogen-bond acceptors (Lipinski definition) is 5. The summed E-state index contributed by atoms with van der Waals surface area (Å²) in [5.74, 6) is -1.25. The van der Waals surface area contributed by atoms with E-state index in [-0.39, 0.29) is 36.0 Å². The minimum atomic E-state index is -0.654. The Morgan fingerprint density at radius 3 is 2.44 bits per heavy atom. The molecule has 2 amide bonds. The minimum absolute atomic E-state index is 0.0112. The molecule has 0 bridgehead atoms. The van der Waals surface area contributed by atoms with Gasteiger partial charge in [0, 0.05) is 46.1 Å². The van der Waals surface area contributed by atoms with Crippen LogP contribution in [0.15, 0.2) is 60.8 Å². The highest BCUT2D eigenvalue weighted by molar-refractivity contribution is 6.33. The van der Waals surface area contributed by atoms with Crippen LogP contribution in [-0.2, 0) is 16.0 Å². The van der Waals surface area contributed by atoms with E-state index in [2.05, 4.69) is 20.8 Å². The van der Waals surface area contributed by atoms with Crippen LogP contribution in [0.3, 0.4) is 0 Å². The fourth-order valence-corrected chi connectivity index (χ4v) is 6.34. The molecule has 0 spiro atoms. The van der Waals surface area contributed by atoms with E-state index >= 15 is 0 Å². The Kier molecular flexibility index (Phi) is 10.3. The first-order chi connectivity index (χ1) is 21.6. The lowest BCUT2D eigenvalue weighted by Gasteiger charge is -2.27. The molecule has 0 saturated heterocycles. The van der Waals surface area contributed by atoms with E-state index in [4.69, 9.17) is 17.3 Å². The predicted octanol–water partition coefficient (Wildman–Crippen LogP) is 6.68. The summed E-state index contributed by atoms with van der Waals surface area (Å²) < 4.78 is 14.6. The van der Waals surface area contributed by atoms with E-state index in [9.17, 15) is 18.8 Å². The molecule has 1 aliphatic rings.